The van der Waals surface area contributed by atoms with Crippen molar-refractivity contribution >= 4 is 17.5 Å². The van der Waals surface area contributed by atoms with Crippen LogP contribution >= 0.6 is 11.6 Å². The van der Waals surface area contributed by atoms with Crippen LogP contribution in [-0.2, 0) is 11.3 Å². The molecule has 23 heavy (non-hydrogen) atoms. The Morgan fingerprint density at radius 1 is 1.48 bits per heavy atom. The molecule has 1 heterocycles. The average molecular weight is 342 g/mol. The molecule has 1 aliphatic heterocycles. The number of benzene rings is 1. The van der Waals surface area contributed by atoms with Crippen LogP contribution in [0.4, 0.5) is 4.39 Å². The number of rotatable bonds is 7. The second-order valence-electron chi connectivity index (χ2n) is 6.08. The first kappa shape index (κ1) is 18.2. The van der Waals surface area contributed by atoms with Gasteiger partial charge < -0.3 is 10.6 Å². The maximum absolute atomic E-state index is 13.1. The molecule has 128 valence electrons. The summed E-state index contributed by atoms with van der Waals surface area (Å²) in [6.07, 6.45) is 3.46. The third-order valence-corrected chi connectivity index (χ3v) is 4.46. The summed E-state index contributed by atoms with van der Waals surface area (Å²) in [5.74, 6) is -0.198. The lowest BCUT2D eigenvalue weighted by molar-refractivity contribution is -0.122. The molecule has 0 aliphatic carbocycles. The van der Waals surface area contributed by atoms with Gasteiger partial charge in [-0.25, -0.2) is 4.39 Å². The van der Waals surface area contributed by atoms with E-state index in [1.54, 1.807) is 6.07 Å². The van der Waals surface area contributed by atoms with E-state index >= 15 is 0 Å². The number of nitrogens with one attached hydrogen (secondary N) is 2. The van der Waals surface area contributed by atoms with Crippen LogP contribution in [-0.4, -0.2) is 43.5 Å². The van der Waals surface area contributed by atoms with Gasteiger partial charge in [0.05, 0.1) is 0 Å². The Morgan fingerprint density at radius 2 is 2.30 bits per heavy atom. The predicted octanol–water partition coefficient (Wildman–Crippen LogP) is 2.56. The third-order valence-electron chi connectivity index (χ3n) is 4.11. The van der Waals surface area contributed by atoms with Crippen LogP contribution in [0.2, 0.25) is 5.02 Å². The normalized spacial score (nSPS) is 18.8. The summed E-state index contributed by atoms with van der Waals surface area (Å²) in [6.45, 7) is 3.32. The van der Waals surface area contributed by atoms with E-state index in [1.807, 2.05) is 7.05 Å². The molecule has 1 aromatic carbocycles. The molecule has 0 bridgehead atoms. The SMILES string of the molecule is CNCCCC(=O)NC1CCCN(Cc2ccc(F)cc2Cl)C1. The fourth-order valence-electron chi connectivity index (χ4n) is 2.93. The van der Waals surface area contributed by atoms with Crippen LogP contribution in [0.25, 0.3) is 0 Å². The van der Waals surface area contributed by atoms with Crippen LogP contribution in [0.1, 0.15) is 31.2 Å². The number of carbonyl (C=O) groups is 1. The highest BCUT2D eigenvalue weighted by atomic mass is 35.5. The highest BCUT2D eigenvalue weighted by molar-refractivity contribution is 6.31. The zero-order valence-corrected chi connectivity index (χ0v) is 14.3. The highest BCUT2D eigenvalue weighted by Crippen LogP contribution is 2.21. The standard InChI is InChI=1S/C17H25ClFN3O/c1-20-8-2-5-17(23)21-15-4-3-9-22(12-15)11-13-6-7-14(19)10-16(13)18/h6-7,10,15,20H,2-5,8-9,11-12H2,1H3,(H,21,23). The summed E-state index contributed by atoms with van der Waals surface area (Å²) >= 11 is 6.10. The van der Waals surface area contributed by atoms with Gasteiger partial charge in [0, 0.05) is 30.6 Å². The Bertz CT molecular complexity index is 527. The molecule has 0 radical (unpaired) electrons. The fourth-order valence-corrected chi connectivity index (χ4v) is 3.16. The van der Waals surface area contributed by atoms with Crippen molar-refractivity contribution in [1.29, 1.82) is 0 Å². The minimum atomic E-state index is -0.316. The topological polar surface area (TPSA) is 44.4 Å². The predicted molar refractivity (Wildman–Crippen MR) is 91.0 cm³/mol. The quantitative estimate of drug-likeness (QED) is 0.749. The Labute approximate surface area is 142 Å². The molecule has 6 heteroatoms. The van der Waals surface area contributed by atoms with Gasteiger partial charge in [0.1, 0.15) is 5.82 Å². The van der Waals surface area contributed by atoms with Gasteiger partial charge in [-0.2, -0.15) is 0 Å². The minimum Gasteiger partial charge on any atom is -0.352 e. The van der Waals surface area contributed by atoms with E-state index in [1.165, 1.54) is 12.1 Å². The lowest BCUT2D eigenvalue weighted by atomic mass is 10.0. The van der Waals surface area contributed by atoms with Crippen molar-refractivity contribution in [2.75, 3.05) is 26.7 Å². The average Bonchev–Trinajstić information content (AvgIpc) is 2.51. The van der Waals surface area contributed by atoms with E-state index in [9.17, 15) is 9.18 Å². The summed E-state index contributed by atoms with van der Waals surface area (Å²) in [7, 11) is 1.89. The van der Waals surface area contributed by atoms with Crippen LogP contribution < -0.4 is 10.6 Å². The fraction of sp³-hybridized carbons (Fsp3) is 0.588. The van der Waals surface area contributed by atoms with E-state index in [2.05, 4.69) is 15.5 Å². The number of carbonyl (C=O) groups excluding carboxylic acids is 1. The number of amides is 1. The summed E-state index contributed by atoms with van der Waals surface area (Å²) in [6, 6.07) is 4.70. The van der Waals surface area contributed by atoms with Crippen molar-refractivity contribution in [1.82, 2.24) is 15.5 Å². The monoisotopic (exact) mass is 341 g/mol. The molecule has 1 atom stereocenters. The number of halogens is 2. The van der Waals surface area contributed by atoms with Crippen LogP contribution in [0.3, 0.4) is 0 Å². The molecular formula is C17H25ClFN3O. The smallest absolute Gasteiger partial charge is 0.220 e. The summed E-state index contributed by atoms with van der Waals surface area (Å²) in [4.78, 5) is 14.2. The van der Waals surface area contributed by atoms with Crippen molar-refractivity contribution in [3.63, 3.8) is 0 Å². The summed E-state index contributed by atoms with van der Waals surface area (Å²) < 4.78 is 13.1. The molecule has 2 N–H and O–H groups in total. The van der Waals surface area contributed by atoms with Crippen LogP contribution in [0.5, 0.6) is 0 Å². The van der Waals surface area contributed by atoms with Crippen molar-refractivity contribution in [3.05, 3.63) is 34.6 Å². The highest BCUT2D eigenvalue weighted by Gasteiger charge is 2.21. The molecule has 2 rings (SSSR count). The Hall–Kier alpha value is -1.17. The van der Waals surface area contributed by atoms with Crippen LogP contribution in [0.15, 0.2) is 18.2 Å². The largest absolute Gasteiger partial charge is 0.352 e. The third kappa shape index (κ3) is 6.09. The molecule has 0 saturated carbocycles. The lowest BCUT2D eigenvalue weighted by Gasteiger charge is -2.33. The van der Waals surface area contributed by atoms with Gasteiger partial charge in [0.25, 0.3) is 0 Å². The van der Waals surface area contributed by atoms with E-state index in [0.29, 0.717) is 18.0 Å². The number of likely N-dealkylation sites (tertiary alicyclic amines) is 1. The first-order chi connectivity index (χ1) is 11.1. The molecule has 0 spiro atoms. The molecule has 1 fully saturated rings. The molecule has 1 amide bonds. The van der Waals surface area contributed by atoms with Gasteiger partial charge >= 0.3 is 0 Å². The molecule has 4 nitrogen and oxygen atoms in total. The molecule has 1 aliphatic rings. The second-order valence-corrected chi connectivity index (χ2v) is 6.49. The van der Waals surface area contributed by atoms with Gasteiger partial charge in [0.2, 0.25) is 5.91 Å². The molecule has 1 saturated heterocycles. The van der Waals surface area contributed by atoms with Gasteiger partial charge in [-0.1, -0.05) is 17.7 Å². The molecule has 1 unspecified atom stereocenters. The van der Waals surface area contributed by atoms with E-state index < -0.39 is 0 Å². The zero-order valence-electron chi connectivity index (χ0n) is 13.6. The van der Waals surface area contributed by atoms with Gasteiger partial charge in [-0.3, -0.25) is 9.69 Å². The second kappa shape index (κ2) is 9.21. The summed E-state index contributed by atoms with van der Waals surface area (Å²) in [5, 5.41) is 6.62. The van der Waals surface area contributed by atoms with Crippen molar-refractivity contribution in [2.45, 2.75) is 38.3 Å². The number of hydrogen-bond acceptors (Lipinski definition) is 3. The first-order valence-electron chi connectivity index (χ1n) is 8.18. The maximum Gasteiger partial charge on any atom is 0.220 e. The van der Waals surface area contributed by atoms with E-state index in [4.69, 9.17) is 11.6 Å². The zero-order chi connectivity index (χ0) is 16.7. The number of hydrogen-bond donors (Lipinski definition) is 2. The van der Waals surface area contributed by atoms with Gasteiger partial charge in [-0.15, -0.1) is 0 Å². The van der Waals surface area contributed by atoms with Crippen LogP contribution in [0, 0.1) is 5.82 Å². The Balaban J connectivity index is 1.82. The number of nitrogens with zero attached hydrogens (tertiary/aromatic N) is 1. The van der Waals surface area contributed by atoms with Crippen molar-refractivity contribution in [2.24, 2.45) is 0 Å². The minimum absolute atomic E-state index is 0.118. The molecule has 1 aromatic rings. The van der Waals surface area contributed by atoms with Crippen molar-refractivity contribution in [3.8, 4) is 0 Å². The van der Waals surface area contributed by atoms with Gasteiger partial charge in [-0.05, 0) is 57.1 Å². The lowest BCUT2D eigenvalue weighted by Crippen LogP contribution is -2.47. The van der Waals surface area contributed by atoms with E-state index in [0.717, 1.165) is 44.5 Å². The molecule has 0 aromatic heterocycles. The number of piperidine rings is 1. The van der Waals surface area contributed by atoms with Gasteiger partial charge in [0.15, 0.2) is 0 Å². The molecular weight excluding hydrogens is 317 g/mol. The van der Waals surface area contributed by atoms with E-state index in [-0.39, 0.29) is 17.8 Å². The summed E-state index contributed by atoms with van der Waals surface area (Å²) in [5.41, 5.74) is 0.925. The Morgan fingerprint density at radius 3 is 3.04 bits per heavy atom. The van der Waals surface area contributed by atoms with Crippen molar-refractivity contribution < 1.29 is 9.18 Å². The first-order valence-corrected chi connectivity index (χ1v) is 8.56. The maximum atomic E-state index is 13.1. The Kier molecular flexibility index (Phi) is 7.27.